The molecule has 0 radical (unpaired) electrons. The van der Waals surface area contributed by atoms with Crippen LogP contribution in [0.5, 0.6) is 0 Å². The highest BCUT2D eigenvalue weighted by molar-refractivity contribution is 5.88. The molecule has 112 valence electrons. The van der Waals surface area contributed by atoms with Crippen molar-refractivity contribution in [1.82, 2.24) is 5.32 Å². The number of rotatable bonds is 5. The summed E-state index contributed by atoms with van der Waals surface area (Å²) in [5, 5.41) is 2.66. The summed E-state index contributed by atoms with van der Waals surface area (Å²) in [5.74, 6) is -0.677. The van der Waals surface area contributed by atoms with Gasteiger partial charge in [0.15, 0.2) is 0 Å². The highest BCUT2D eigenvalue weighted by atomic mass is 35.5. The van der Waals surface area contributed by atoms with Crippen molar-refractivity contribution in [2.24, 2.45) is 0 Å². The largest absolute Gasteiger partial charge is 0.464 e. The molecule has 1 aromatic carbocycles. The molecule has 0 atom stereocenters. The number of anilines is 1. The molecule has 0 aliphatic carbocycles. The highest BCUT2D eigenvalue weighted by Gasteiger charge is 2.30. The van der Waals surface area contributed by atoms with Crippen LogP contribution in [-0.4, -0.2) is 24.0 Å². The monoisotopic (exact) mass is 300 g/mol. The van der Waals surface area contributed by atoms with Crippen molar-refractivity contribution in [1.29, 1.82) is 0 Å². The van der Waals surface area contributed by atoms with Gasteiger partial charge in [-0.2, -0.15) is 0 Å². The maximum absolute atomic E-state index is 11.9. The molecule has 0 saturated carbocycles. The Morgan fingerprint density at radius 1 is 1.25 bits per heavy atom. The van der Waals surface area contributed by atoms with Crippen LogP contribution in [-0.2, 0) is 20.7 Å². The summed E-state index contributed by atoms with van der Waals surface area (Å²) in [5.41, 5.74) is 6.03. The smallest absolute Gasteiger partial charge is 0.331 e. The fourth-order valence-electron chi connectivity index (χ4n) is 1.58. The lowest BCUT2D eigenvalue weighted by Gasteiger charge is -2.23. The summed E-state index contributed by atoms with van der Waals surface area (Å²) in [4.78, 5) is 23.5. The number of esters is 1. The molecule has 1 rings (SSSR count). The van der Waals surface area contributed by atoms with E-state index in [1.807, 2.05) is 0 Å². The van der Waals surface area contributed by atoms with Crippen molar-refractivity contribution in [2.45, 2.75) is 32.7 Å². The third kappa shape index (κ3) is 5.48. The Morgan fingerprint density at radius 2 is 1.80 bits per heavy atom. The Labute approximate surface area is 125 Å². The zero-order chi connectivity index (χ0) is 14.5. The van der Waals surface area contributed by atoms with E-state index in [-0.39, 0.29) is 31.3 Å². The van der Waals surface area contributed by atoms with Gasteiger partial charge in [0, 0.05) is 5.69 Å². The van der Waals surface area contributed by atoms with E-state index in [1.54, 1.807) is 45.0 Å². The number of nitrogen functional groups attached to an aromatic ring is 1. The molecular weight excluding hydrogens is 280 g/mol. The minimum absolute atomic E-state index is 0. The standard InChI is InChI=1S/C14H20N2O3.ClH/c1-4-19-13(18)14(2,3)16-12(17)9-10-5-7-11(15)8-6-10;/h5-8H,4,9,15H2,1-3H3,(H,16,17);1H. The number of halogens is 1. The zero-order valence-electron chi connectivity index (χ0n) is 11.9. The highest BCUT2D eigenvalue weighted by Crippen LogP contribution is 2.09. The topological polar surface area (TPSA) is 81.4 Å². The number of nitrogens with one attached hydrogen (secondary N) is 1. The van der Waals surface area contributed by atoms with Gasteiger partial charge in [0.05, 0.1) is 13.0 Å². The van der Waals surface area contributed by atoms with E-state index in [1.165, 1.54) is 0 Å². The Kier molecular flexibility index (Phi) is 7.07. The molecule has 0 bridgehead atoms. The Hall–Kier alpha value is -1.75. The van der Waals surface area contributed by atoms with Gasteiger partial charge < -0.3 is 15.8 Å². The van der Waals surface area contributed by atoms with Gasteiger partial charge in [-0.3, -0.25) is 4.79 Å². The van der Waals surface area contributed by atoms with Gasteiger partial charge >= 0.3 is 5.97 Å². The van der Waals surface area contributed by atoms with E-state index in [9.17, 15) is 9.59 Å². The number of hydrogen-bond acceptors (Lipinski definition) is 4. The van der Waals surface area contributed by atoms with Crippen LogP contribution in [0, 0.1) is 0 Å². The number of benzene rings is 1. The average Bonchev–Trinajstić information content (AvgIpc) is 2.31. The molecule has 0 fully saturated rings. The number of carbonyl (C=O) groups is 2. The lowest BCUT2D eigenvalue weighted by atomic mass is 10.0. The minimum Gasteiger partial charge on any atom is -0.464 e. The average molecular weight is 301 g/mol. The zero-order valence-corrected chi connectivity index (χ0v) is 12.8. The van der Waals surface area contributed by atoms with E-state index in [2.05, 4.69) is 5.32 Å². The first kappa shape index (κ1) is 18.2. The molecule has 0 aliphatic heterocycles. The SMILES string of the molecule is CCOC(=O)C(C)(C)NC(=O)Cc1ccc(N)cc1.Cl. The van der Waals surface area contributed by atoms with Gasteiger partial charge in [-0.05, 0) is 38.5 Å². The summed E-state index contributed by atoms with van der Waals surface area (Å²) in [6.45, 7) is 5.25. The van der Waals surface area contributed by atoms with Gasteiger partial charge in [-0.15, -0.1) is 12.4 Å². The lowest BCUT2D eigenvalue weighted by molar-refractivity contribution is -0.151. The minimum atomic E-state index is -1.03. The summed E-state index contributed by atoms with van der Waals surface area (Å²) in [7, 11) is 0. The Balaban J connectivity index is 0.00000361. The number of carbonyl (C=O) groups excluding carboxylic acids is 2. The predicted molar refractivity (Wildman–Crippen MR) is 80.7 cm³/mol. The van der Waals surface area contributed by atoms with Crippen LogP contribution in [0.25, 0.3) is 0 Å². The molecule has 0 unspecified atom stereocenters. The van der Waals surface area contributed by atoms with Crippen LogP contribution in [0.3, 0.4) is 0 Å². The van der Waals surface area contributed by atoms with Crippen molar-refractivity contribution >= 4 is 30.0 Å². The van der Waals surface area contributed by atoms with Crippen LogP contribution in [0.1, 0.15) is 26.3 Å². The predicted octanol–water partition coefficient (Wildman–Crippen LogP) is 1.69. The summed E-state index contributed by atoms with van der Waals surface area (Å²) in [6, 6.07) is 7.04. The molecular formula is C14H21ClN2O3. The molecule has 1 amide bonds. The van der Waals surface area contributed by atoms with Crippen molar-refractivity contribution in [3.63, 3.8) is 0 Å². The van der Waals surface area contributed by atoms with E-state index in [0.717, 1.165) is 5.56 Å². The van der Waals surface area contributed by atoms with Crippen LogP contribution < -0.4 is 11.1 Å². The van der Waals surface area contributed by atoms with Gasteiger partial charge in [0.25, 0.3) is 0 Å². The molecule has 20 heavy (non-hydrogen) atoms. The fraction of sp³-hybridized carbons (Fsp3) is 0.429. The van der Waals surface area contributed by atoms with Gasteiger partial charge in [0.1, 0.15) is 5.54 Å². The third-order valence-corrected chi connectivity index (χ3v) is 2.58. The van der Waals surface area contributed by atoms with E-state index < -0.39 is 11.5 Å². The van der Waals surface area contributed by atoms with Crippen LogP contribution >= 0.6 is 12.4 Å². The first-order chi connectivity index (χ1) is 8.85. The van der Waals surface area contributed by atoms with Gasteiger partial charge in [-0.1, -0.05) is 12.1 Å². The second kappa shape index (κ2) is 7.75. The number of amides is 1. The normalized spacial score (nSPS) is 10.3. The third-order valence-electron chi connectivity index (χ3n) is 2.58. The molecule has 0 aromatic heterocycles. The van der Waals surface area contributed by atoms with Crippen molar-refractivity contribution < 1.29 is 14.3 Å². The fourth-order valence-corrected chi connectivity index (χ4v) is 1.58. The quantitative estimate of drug-likeness (QED) is 0.640. The Bertz CT molecular complexity index is 458. The van der Waals surface area contributed by atoms with Crippen molar-refractivity contribution in [3.8, 4) is 0 Å². The van der Waals surface area contributed by atoms with E-state index in [4.69, 9.17) is 10.5 Å². The number of hydrogen-bond donors (Lipinski definition) is 2. The van der Waals surface area contributed by atoms with Crippen LogP contribution in [0.4, 0.5) is 5.69 Å². The first-order valence-electron chi connectivity index (χ1n) is 6.18. The lowest BCUT2D eigenvalue weighted by Crippen LogP contribution is -2.51. The number of nitrogens with two attached hydrogens (primary N) is 1. The second-order valence-electron chi connectivity index (χ2n) is 4.81. The van der Waals surface area contributed by atoms with E-state index in [0.29, 0.717) is 5.69 Å². The maximum atomic E-state index is 11.9. The van der Waals surface area contributed by atoms with E-state index >= 15 is 0 Å². The second-order valence-corrected chi connectivity index (χ2v) is 4.81. The Morgan fingerprint density at radius 3 is 2.30 bits per heavy atom. The summed E-state index contributed by atoms with van der Waals surface area (Å²) < 4.78 is 4.90. The summed E-state index contributed by atoms with van der Waals surface area (Å²) >= 11 is 0. The van der Waals surface area contributed by atoms with Crippen molar-refractivity contribution in [2.75, 3.05) is 12.3 Å². The van der Waals surface area contributed by atoms with Gasteiger partial charge in [0.2, 0.25) is 5.91 Å². The molecule has 0 spiro atoms. The van der Waals surface area contributed by atoms with Gasteiger partial charge in [-0.25, -0.2) is 4.79 Å². The first-order valence-corrected chi connectivity index (χ1v) is 6.18. The molecule has 1 aromatic rings. The molecule has 6 heteroatoms. The molecule has 3 N–H and O–H groups in total. The summed E-state index contributed by atoms with van der Waals surface area (Å²) in [6.07, 6.45) is 0.198. The molecule has 0 heterocycles. The molecule has 5 nitrogen and oxygen atoms in total. The van der Waals surface area contributed by atoms with Crippen LogP contribution in [0.2, 0.25) is 0 Å². The molecule has 0 aliphatic rings. The number of ether oxygens (including phenoxy) is 1. The maximum Gasteiger partial charge on any atom is 0.331 e. The van der Waals surface area contributed by atoms with Crippen LogP contribution in [0.15, 0.2) is 24.3 Å². The molecule has 0 saturated heterocycles. The van der Waals surface area contributed by atoms with Crippen molar-refractivity contribution in [3.05, 3.63) is 29.8 Å².